The number of fused-ring (bicyclic) bond motifs is 1. The van der Waals surface area contributed by atoms with Crippen molar-refractivity contribution in [3.8, 4) is 11.8 Å². The number of nitrogens with zero attached hydrogens (tertiary/aromatic N) is 5. The molecular formula is C28H28N7O2+. The van der Waals surface area contributed by atoms with Gasteiger partial charge in [0.25, 0.3) is 17.6 Å². The van der Waals surface area contributed by atoms with Crippen molar-refractivity contribution in [3.05, 3.63) is 83.1 Å². The van der Waals surface area contributed by atoms with Crippen LogP contribution in [0.4, 0.5) is 5.82 Å². The number of carbonyl (C=O) groups is 2. The molecule has 1 fully saturated rings. The number of piperidine rings is 1. The van der Waals surface area contributed by atoms with Gasteiger partial charge in [0, 0.05) is 18.3 Å². The Morgan fingerprint density at radius 2 is 2.08 bits per heavy atom. The average Bonchev–Trinajstić information content (AvgIpc) is 3.22. The van der Waals surface area contributed by atoms with Crippen LogP contribution in [-0.4, -0.2) is 50.9 Å². The fourth-order valence-electron chi connectivity index (χ4n) is 4.95. The summed E-state index contributed by atoms with van der Waals surface area (Å²) in [7, 11) is 0. The van der Waals surface area contributed by atoms with Gasteiger partial charge in [0.05, 0.1) is 24.0 Å². The number of aromatic nitrogens is 1. The summed E-state index contributed by atoms with van der Waals surface area (Å²) in [6.45, 7) is 4.21. The Kier molecular flexibility index (Phi) is 6.53. The van der Waals surface area contributed by atoms with Gasteiger partial charge in [0.1, 0.15) is 17.7 Å². The first-order chi connectivity index (χ1) is 17.9. The van der Waals surface area contributed by atoms with E-state index in [-0.39, 0.29) is 22.4 Å². The Hall–Kier alpha value is -4.39. The van der Waals surface area contributed by atoms with Gasteiger partial charge >= 0.3 is 0 Å². The van der Waals surface area contributed by atoms with Crippen molar-refractivity contribution in [1.82, 2.24) is 9.88 Å². The Morgan fingerprint density at radius 1 is 1.22 bits per heavy atom. The predicted octanol–water partition coefficient (Wildman–Crippen LogP) is 3.26. The number of benzene rings is 1. The Balaban J connectivity index is 1.50. The second kappa shape index (κ2) is 9.93. The molecule has 1 unspecified atom stereocenters. The number of quaternary nitrogens is 1. The van der Waals surface area contributed by atoms with Gasteiger partial charge in [-0.15, -0.1) is 4.59 Å². The molecule has 1 aromatic heterocycles. The molecule has 1 saturated heterocycles. The molecule has 2 amide bonds. The van der Waals surface area contributed by atoms with Gasteiger partial charge in [0.15, 0.2) is 0 Å². The highest BCUT2D eigenvalue weighted by Crippen LogP contribution is 2.37. The number of pyridine rings is 1. The number of likely N-dealkylation sites (tertiary alicyclic amines) is 1. The molecular weight excluding hydrogens is 466 g/mol. The van der Waals surface area contributed by atoms with Crippen LogP contribution >= 0.6 is 0 Å². The molecule has 3 aliphatic heterocycles. The van der Waals surface area contributed by atoms with Crippen LogP contribution in [-0.2, 0) is 4.79 Å². The molecule has 0 saturated carbocycles. The fourth-order valence-corrected chi connectivity index (χ4v) is 4.95. The number of anilines is 1. The van der Waals surface area contributed by atoms with E-state index in [0.29, 0.717) is 23.8 Å². The normalized spacial score (nSPS) is 22.2. The highest BCUT2D eigenvalue weighted by molar-refractivity contribution is 6.06. The number of allylic oxidation sites excluding steroid dienone is 1. The first-order valence-corrected chi connectivity index (χ1v) is 12.2. The minimum absolute atomic E-state index is 0.156. The number of aryl methyl sites for hydroxylation is 1. The second-order valence-electron chi connectivity index (χ2n) is 9.14. The lowest BCUT2D eigenvalue weighted by Crippen LogP contribution is -2.53. The maximum Gasteiger partial charge on any atom is 0.299 e. The Labute approximate surface area is 215 Å². The SMILES string of the molecule is CC#CC(=O)N1CCCC[C@H]1C1=C2C=NC=C[N+]2(N)C(c2ccc(C(=O)Nc3ccccn3)cc2C)=N1. The van der Waals surface area contributed by atoms with Crippen molar-refractivity contribution in [2.24, 2.45) is 15.8 Å². The van der Waals surface area contributed by atoms with Crippen LogP contribution in [0.5, 0.6) is 0 Å². The van der Waals surface area contributed by atoms with Gasteiger partial charge in [-0.3, -0.25) is 14.6 Å². The smallest absolute Gasteiger partial charge is 0.299 e. The van der Waals surface area contributed by atoms with Gasteiger partial charge < -0.3 is 10.2 Å². The monoisotopic (exact) mass is 494 g/mol. The Bertz CT molecular complexity index is 1450. The standard InChI is InChI=1S/C28H27N7O2/c1-3-8-25(36)34-15-7-5-9-22(34)26-23-18-30-14-16-35(23,29)27(33-26)21-12-11-20(17-19(21)2)28(37)32-24-10-4-6-13-31-24/h4,6,10-14,16-18,22H,5,7,9,15,29H2,1-2H3/p+1/t22-,35?/m0/s1. The summed E-state index contributed by atoms with van der Waals surface area (Å²) in [5.74, 6) is 13.0. The lowest BCUT2D eigenvalue weighted by Gasteiger charge is -2.34. The number of nitrogens with two attached hydrogens (primary N) is 1. The zero-order valence-corrected chi connectivity index (χ0v) is 20.8. The summed E-state index contributed by atoms with van der Waals surface area (Å²) in [5.41, 5.74) is 3.61. The molecule has 1 aromatic carbocycles. The number of carbonyl (C=O) groups excluding carboxylic acids is 2. The first-order valence-electron chi connectivity index (χ1n) is 12.2. The number of rotatable bonds is 4. The van der Waals surface area contributed by atoms with E-state index in [2.05, 4.69) is 27.1 Å². The van der Waals surface area contributed by atoms with Crippen molar-refractivity contribution in [2.45, 2.75) is 39.2 Å². The number of amides is 2. The third-order valence-electron chi connectivity index (χ3n) is 6.77. The number of nitrogens with one attached hydrogen (secondary N) is 1. The lowest BCUT2D eigenvalue weighted by molar-refractivity contribution is -0.750. The Morgan fingerprint density at radius 3 is 2.84 bits per heavy atom. The van der Waals surface area contributed by atoms with Gasteiger partial charge in [-0.2, -0.15) is 10.8 Å². The summed E-state index contributed by atoms with van der Waals surface area (Å²) in [6.07, 6.45) is 9.45. The number of hydrogen-bond donors (Lipinski definition) is 2. The first kappa shape index (κ1) is 24.3. The van der Waals surface area contributed by atoms with E-state index in [1.54, 1.807) is 54.8 Å². The quantitative estimate of drug-likeness (QED) is 0.386. The van der Waals surface area contributed by atoms with E-state index in [9.17, 15) is 9.59 Å². The van der Waals surface area contributed by atoms with Gasteiger partial charge in [-0.1, -0.05) is 12.0 Å². The van der Waals surface area contributed by atoms with E-state index in [1.165, 1.54) is 0 Å². The van der Waals surface area contributed by atoms with E-state index < -0.39 is 0 Å². The fraction of sp³-hybridized carbons (Fsp3) is 0.250. The molecule has 0 radical (unpaired) electrons. The summed E-state index contributed by atoms with van der Waals surface area (Å²) in [5, 5.41) is 2.81. The molecule has 0 spiro atoms. The van der Waals surface area contributed by atoms with Gasteiger partial charge in [0.2, 0.25) is 5.70 Å². The van der Waals surface area contributed by atoms with Crippen molar-refractivity contribution in [3.63, 3.8) is 0 Å². The van der Waals surface area contributed by atoms with Crippen molar-refractivity contribution < 1.29 is 14.2 Å². The molecule has 9 nitrogen and oxygen atoms in total. The minimum atomic E-state index is -0.253. The van der Waals surface area contributed by atoms with Crippen molar-refractivity contribution in [2.75, 3.05) is 11.9 Å². The summed E-state index contributed by atoms with van der Waals surface area (Å²) in [6, 6.07) is 10.5. The number of hydrogen-bond acceptors (Lipinski definition) is 6. The highest BCUT2D eigenvalue weighted by Gasteiger charge is 2.48. The van der Waals surface area contributed by atoms with Crippen LogP contribution in [0.1, 0.15) is 47.7 Å². The molecule has 186 valence electrons. The summed E-state index contributed by atoms with van der Waals surface area (Å²) < 4.78 is -0.156. The third-order valence-corrected chi connectivity index (χ3v) is 6.77. The van der Waals surface area contributed by atoms with Crippen LogP contribution in [0.2, 0.25) is 0 Å². The van der Waals surface area contributed by atoms with E-state index >= 15 is 0 Å². The van der Waals surface area contributed by atoms with Crippen LogP contribution < -0.4 is 11.2 Å². The lowest BCUT2D eigenvalue weighted by atomic mass is 9.98. The molecule has 37 heavy (non-hydrogen) atoms. The van der Waals surface area contributed by atoms with E-state index in [0.717, 1.165) is 41.8 Å². The maximum absolute atomic E-state index is 12.8. The second-order valence-corrected chi connectivity index (χ2v) is 9.14. The zero-order valence-electron chi connectivity index (χ0n) is 20.8. The molecule has 0 bridgehead atoms. The van der Waals surface area contributed by atoms with Crippen LogP contribution in [0.25, 0.3) is 0 Å². The molecule has 0 aliphatic carbocycles. The topological polar surface area (TPSA) is 113 Å². The van der Waals surface area contributed by atoms with Gasteiger partial charge in [-0.25, -0.2) is 4.98 Å². The van der Waals surface area contributed by atoms with Crippen molar-refractivity contribution >= 4 is 29.7 Å². The molecule has 9 heteroatoms. The highest BCUT2D eigenvalue weighted by atomic mass is 16.2. The van der Waals surface area contributed by atoms with Crippen LogP contribution in [0.15, 0.2) is 76.4 Å². The molecule has 3 aliphatic rings. The molecule has 2 aromatic rings. The largest absolute Gasteiger partial charge is 0.323 e. The summed E-state index contributed by atoms with van der Waals surface area (Å²) >= 11 is 0. The maximum atomic E-state index is 12.8. The van der Waals surface area contributed by atoms with E-state index in [1.807, 2.05) is 25.1 Å². The zero-order chi connectivity index (χ0) is 26.0. The van der Waals surface area contributed by atoms with Crippen LogP contribution in [0, 0.1) is 18.8 Å². The average molecular weight is 495 g/mol. The predicted molar refractivity (Wildman–Crippen MR) is 142 cm³/mol. The third kappa shape index (κ3) is 4.48. The van der Waals surface area contributed by atoms with Crippen molar-refractivity contribution in [1.29, 1.82) is 0 Å². The molecule has 5 rings (SSSR count). The number of amidine groups is 1. The summed E-state index contributed by atoms with van der Waals surface area (Å²) in [4.78, 5) is 40.9. The molecule has 2 atom stereocenters. The van der Waals surface area contributed by atoms with Crippen LogP contribution in [0.3, 0.4) is 0 Å². The minimum Gasteiger partial charge on any atom is -0.323 e. The molecule has 3 N–H and O–H groups in total. The molecule has 4 heterocycles. The van der Waals surface area contributed by atoms with E-state index in [4.69, 9.17) is 10.8 Å². The number of aliphatic imine (C=N–C) groups is 2. The van der Waals surface area contributed by atoms with Gasteiger partial charge in [-0.05, 0) is 74.9 Å².